The van der Waals surface area contributed by atoms with Gasteiger partial charge in [-0.3, -0.25) is 0 Å². The lowest BCUT2D eigenvalue weighted by Crippen LogP contribution is -2.11. The molecule has 1 N–H and O–H groups in total. The summed E-state index contributed by atoms with van der Waals surface area (Å²) in [6.45, 7) is 1.52. The van der Waals surface area contributed by atoms with Crippen molar-refractivity contribution in [3.8, 4) is 17.2 Å². The van der Waals surface area contributed by atoms with E-state index in [0.29, 0.717) is 17.2 Å². The van der Waals surface area contributed by atoms with Gasteiger partial charge < -0.3 is 19.3 Å². The van der Waals surface area contributed by atoms with Crippen LogP contribution in [-0.2, 0) is 0 Å². The zero-order chi connectivity index (χ0) is 10.6. The number of para-hydroxylation sites is 1. The molecule has 0 amide bonds. The Kier molecular flexibility index (Phi) is 3.59. The molecule has 0 aliphatic heterocycles. The predicted octanol–water partition coefficient (Wildman–Crippen LogP) is 1.42. The molecule has 14 heavy (non-hydrogen) atoms. The maximum Gasteiger partial charge on any atom is 0.206 e. The number of methoxy groups -OCH3 is 2. The molecule has 1 unspecified atom stereocenters. The second-order valence-electron chi connectivity index (χ2n) is 2.71. The van der Waals surface area contributed by atoms with Gasteiger partial charge in [-0.05, 0) is 19.1 Å². The van der Waals surface area contributed by atoms with Gasteiger partial charge in [0.05, 0.1) is 14.2 Å². The lowest BCUT2D eigenvalue weighted by Gasteiger charge is -2.15. The molecule has 0 aliphatic carbocycles. The molecule has 4 nitrogen and oxygen atoms in total. The smallest absolute Gasteiger partial charge is 0.206 e. The molecule has 1 aromatic rings. The van der Waals surface area contributed by atoms with Crippen LogP contribution in [0.5, 0.6) is 17.2 Å². The highest BCUT2D eigenvalue weighted by Gasteiger charge is 2.12. The summed E-state index contributed by atoms with van der Waals surface area (Å²) in [5, 5.41) is 9.11. The Bertz CT molecular complexity index is 274. The molecular weight excluding hydrogens is 184 g/mol. The second kappa shape index (κ2) is 4.72. The minimum atomic E-state index is -0.903. The van der Waals surface area contributed by atoms with Gasteiger partial charge in [0.15, 0.2) is 17.8 Å². The lowest BCUT2D eigenvalue weighted by atomic mass is 10.3. The van der Waals surface area contributed by atoms with Gasteiger partial charge in [-0.25, -0.2) is 0 Å². The van der Waals surface area contributed by atoms with Crippen molar-refractivity contribution in [2.75, 3.05) is 14.2 Å². The first-order chi connectivity index (χ1) is 6.69. The van der Waals surface area contributed by atoms with Crippen LogP contribution < -0.4 is 14.2 Å². The molecule has 1 atom stereocenters. The number of rotatable bonds is 4. The van der Waals surface area contributed by atoms with E-state index in [2.05, 4.69) is 0 Å². The zero-order valence-corrected chi connectivity index (χ0v) is 8.48. The molecule has 78 valence electrons. The molecule has 1 rings (SSSR count). The molecule has 0 heterocycles. The van der Waals surface area contributed by atoms with Gasteiger partial charge in [0.2, 0.25) is 5.75 Å². The summed E-state index contributed by atoms with van der Waals surface area (Å²) in [5.41, 5.74) is 0. The van der Waals surface area contributed by atoms with Gasteiger partial charge in [0.25, 0.3) is 0 Å². The molecule has 0 spiro atoms. The van der Waals surface area contributed by atoms with Crippen LogP contribution >= 0.6 is 0 Å². The van der Waals surface area contributed by atoms with Crippen LogP contribution in [0.15, 0.2) is 18.2 Å². The average molecular weight is 198 g/mol. The molecule has 0 aromatic heterocycles. The molecule has 0 fully saturated rings. The van der Waals surface area contributed by atoms with E-state index in [1.807, 2.05) is 0 Å². The SMILES string of the molecule is COc1cccc(OC)c1OC(C)O. The fraction of sp³-hybridized carbons (Fsp3) is 0.400. The third kappa shape index (κ3) is 2.29. The van der Waals surface area contributed by atoms with Crippen molar-refractivity contribution in [2.45, 2.75) is 13.2 Å². The van der Waals surface area contributed by atoms with Crippen LogP contribution in [0.25, 0.3) is 0 Å². The normalized spacial score (nSPS) is 12.0. The van der Waals surface area contributed by atoms with Crippen LogP contribution in [0.4, 0.5) is 0 Å². The van der Waals surface area contributed by atoms with Crippen molar-refractivity contribution >= 4 is 0 Å². The van der Waals surface area contributed by atoms with Crippen LogP contribution in [-0.4, -0.2) is 25.6 Å². The summed E-state index contributed by atoms with van der Waals surface area (Å²) in [6.07, 6.45) is -0.903. The van der Waals surface area contributed by atoms with E-state index in [1.165, 1.54) is 21.1 Å². The number of hydrogen-bond donors (Lipinski definition) is 1. The monoisotopic (exact) mass is 198 g/mol. The molecule has 4 heteroatoms. The van der Waals surface area contributed by atoms with E-state index >= 15 is 0 Å². The summed E-state index contributed by atoms with van der Waals surface area (Å²) < 4.78 is 15.3. The highest BCUT2D eigenvalue weighted by atomic mass is 16.6. The first kappa shape index (κ1) is 10.7. The quantitative estimate of drug-likeness (QED) is 0.743. The molecular formula is C10H14O4. The van der Waals surface area contributed by atoms with Crippen molar-refractivity contribution in [1.29, 1.82) is 0 Å². The Hall–Kier alpha value is -1.42. The molecule has 0 saturated heterocycles. The van der Waals surface area contributed by atoms with E-state index < -0.39 is 6.29 Å². The minimum Gasteiger partial charge on any atom is -0.493 e. The summed E-state index contributed by atoms with van der Waals surface area (Å²) in [5.74, 6) is 1.48. The topological polar surface area (TPSA) is 47.9 Å². The van der Waals surface area contributed by atoms with Crippen molar-refractivity contribution in [2.24, 2.45) is 0 Å². The fourth-order valence-corrected chi connectivity index (χ4v) is 1.10. The van der Waals surface area contributed by atoms with E-state index in [9.17, 15) is 0 Å². The number of ether oxygens (including phenoxy) is 3. The summed E-state index contributed by atoms with van der Waals surface area (Å²) in [4.78, 5) is 0. The highest BCUT2D eigenvalue weighted by molar-refractivity contribution is 5.51. The Morgan fingerprint density at radius 2 is 1.64 bits per heavy atom. The molecule has 1 aromatic carbocycles. The van der Waals surface area contributed by atoms with Crippen LogP contribution in [0.2, 0.25) is 0 Å². The third-order valence-electron chi connectivity index (χ3n) is 1.67. The first-order valence-electron chi connectivity index (χ1n) is 4.24. The number of benzene rings is 1. The Morgan fingerprint density at radius 3 is 2.00 bits per heavy atom. The van der Waals surface area contributed by atoms with Crippen molar-refractivity contribution in [1.82, 2.24) is 0 Å². The van der Waals surface area contributed by atoms with E-state index in [0.717, 1.165) is 0 Å². The second-order valence-corrected chi connectivity index (χ2v) is 2.71. The van der Waals surface area contributed by atoms with E-state index in [1.54, 1.807) is 18.2 Å². The average Bonchev–Trinajstić information content (AvgIpc) is 2.17. The van der Waals surface area contributed by atoms with Gasteiger partial charge in [0.1, 0.15) is 0 Å². The maximum atomic E-state index is 9.11. The number of aliphatic hydroxyl groups is 1. The van der Waals surface area contributed by atoms with Crippen molar-refractivity contribution in [3.63, 3.8) is 0 Å². The molecule has 0 bridgehead atoms. The van der Waals surface area contributed by atoms with Crippen LogP contribution in [0.1, 0.15) is 6.92 Å². The third-order valence-corrected chi connectivity index (χ3v) is 1.67. The standard InChI is InChI=1S/C10H14O4/c1-7(11)14-10-8(12-2)5-4-6-9(10)13-3/h4-7,11H,1-3H3. The predicted molar refractivity (Wildman–Crippen MR) is 51.9 cm³/mol. The molecule has 0 saturated carbocycles. The Labute approximate surface area is 83.0 Å². The summed E-state index contributed by atoms with van der Waals surface area (Å²) >= 11 is 0. The van der Waals surface area contributed by atoms with Crippen molar-refractivity contribution < 1.29 is 19.3 Å². The minimum absolute atomic E-state index is 0.410. The molecule has 0 radical (unpaired) electrons. The Balaban J connectivity index is 3.05. The zero-order valence-electron chi connectivity index (χ0n) is 8.48. The lowest BCUT2D eigenvalue weighted by molar-refractivity contribution is -0.00386. The van der Waals surface area contributed by atoms with Crippen molar-refractivity contribution in [3.05, 3.63) is 18.2 Å². The Morgan fingerprint density at radius 1 is 1.14 bits per heavy atom. The first-order valence-corrected chi connectivity index (χ1v) is 4.24. The van der Waals surface area contributed by atoms with E-state index in [4.69, 9.17) is 19.3 Å². The van der Waals surface area contributed by atoms with Crippen LogP contribution in [0.3, 0.4) is 0 Å². The number of hydrogen-bond acceptors (Lipinski definition) is 4. The molecule has 0 aliphatic rings. The summed E-state index contributed by atoms with van der Waals surface area (Å²) in [7, 11) is 3.06. The van der Waals surface area contributed by atoms with Gasteiger partial charge in [-0.1, -0.05) is 6.07 Å². The highest BCUT2D eigenvalue weighted by Crippen LogP contribution is 2.37. The fourth-order valence-electron chi connectivity index (χ4n) is 1.10. The van der Waals surface area contributed by atoms with E-state index in [-0.39, 0.29) is 0 Å². The van der Waals surface area contributed by atoms with Gasteiger partial charge in [0, 0.05) is 0 Å². The van der Waals surface area contributed by atoms with Gasteiger partial charge >= 0.3 is 0 Å². The van der Waals surface area contributed by atoms with Gasteiger partial charge in [-0.2, -0.15) is 0 Å². The summed E-state index contributed by atoms with van der Waals surface area (Å²) in [6, 6.07) is 5.26. The largest absolute Gasteiger partial charge is 0.493 e. The number of aliphatic hydroxyl groups excluding tert-OH is 1. The van der Waals surface area contributed by atoms with Gasteiger partial charge in [-0.15, -0.1) is 0 Å². The van der Waals surface area contributed by atoms with Crippen LogP contribution in [0, 0.1) is 0 Å². The maximum absolute atomic E-state index is 9.11.